The minimum Gasteiger partial charge on any atom is -0.496 e. The Morgan fingerprint density at radius 1 is 1.34 bits per heavy atom. The third-order valence-electron chi connectivity index (χ3n) is 5.43. The molecular weight excluding hydrogens is 430 g/mol. The number of methoxy groups -OCH3 is 1. The Bertz CT molecular complexity index is 958. The molecule has 174 valence electrons. The van der Waals surface area contributed by atoms with Crippen LogP contribution in [0.5, 0.6) is 5.75 Å². The number of nitrogens with one attached hydrogen (secondary N) is 1. The van der Waals surface area contributed by atoms with Gasteiger partial charge in [-0.1, -0.05) is 38.1 Å². The number of ether oxygens (including phenoxy) is 1. The van der Waals surface area contributed by atoms with Crippen LogP contribution in [0, 0.1) is 5.41 Å². The number of likely N-dealkylation sites (N-methyl/N-ethyl adjacent to an activating group) is 1. The van der Waals surface area contributed by atoms with E-state index in [0.717, 1.165) is 16.3 Å². The van der Waals surface area contributed by atoms with Gasteiger partial charge in [-0.25, -0.2) is 4.68 Å². The van der Waals surface area contributed by atoms with E-state index in [-0.39, 0.29) is 24.8 Å². The van der Waals surface area contributed by atoms with Crippen molar-refractivity contribution in [2.45, 2.75) is 56.0 Å². The third kappa shape index (κ3) is 5.24. The average molecular weight is 462 g/mol. The van der Waals surface area contributed by atoms with Gasteiger partial charge in [0.25, 0.3) is 0 Å². The zero-order valence-electron chi connectivity index (χ0n) is 19.1. The monoisotopic (exact) mass is 461 g/mol. The number of rotatable bonds is 7. The number of carbonyl (C=O) groups excluding carboxylic acids is 2. The molecule has 10 heteroatoms. The van der Waals surface area contributed by atoms with E-state index in [0.29, 0.717) is 5.75 Å². The number of hydrogen-bond acceptors (Lipinski definition) is 7. The van der Waals surface area contributed by atoms with Crippen LogP contribution in [0.1, 0.15) is 38.9 Å². The SMILES string of the molecule is CNC(=O)[C@@H]1C[C@@H](O)CN1C(=O)[C@@H](n1cc(CSc2ccccc2OC)nn1)C(C)(C)C. The van der Waals surface area contributed by atoms with Crippen molar-refractivity contribution in [3.8, 4) is 5.75 Å². The number of likely N-dealkylation sites (tertiary alicyclic amines) is 1. The lowest BCUT2D eigenvalue weighted by Crippen LogP contribution is -2.49. The van der Waals surface area contributed by atoms with Gasteiger partial charge in [-0.2, -0.15) is 0 Å². The first kappa shape index (κ1) is 24.1. The second kappa shape index (κ2) is 9.91. The summed E-state index contributed by atoms with van der Waals surface area (Å²) in [5, 5.41) is 21.2. The van der Waals surface area contributed by atoms with Gasteiger partial charge in [-0.15, -0.1) is 16.9 Å². The van der Waals surface area contributed by atoms with Gasteiger partial charge in [-0.3, -0.25) is 9.59 Å². The largest absolute Gasteiger partial charge is 0.496 e. The van der Waals surface area contributed by atoms with E-state index >= 15 is 0 Å². The summed E-state index contributed by atoms with van der Waals surface area (Å²) in [6, 6.07) is 6.38. The Balaban J connectivity index is 1.81. The molecule has 2 heterocycles. The fourth-order valence-electron chi connectivity index (χ4n) is 3.91. The summed E-state index contributed by atoms with van der Waals surface area (Å²) in [6.45, 7) is 5.96. The maximum absolute atomic E-state index is 13.6. The third-order valence-corrected chi connectivity index (χ3v) is 6.52. The number of benzene rings is 1. The highest BCUT2D eigenvalue weighted by Crippen LogP contribution is 2.35. The van der Waals surface area contributed by atoms with Gasteiger partial charge < -0.3 is 20.1 Å². The number of nitrogens with zero attached hydrogens (tertiary/aromatic N) is 4. The van der Waals surface area contributed by atoms with E-state index in [1.807, 2.05) is 45.0 Å². The molecule has 1 aromatic carbocycles. The van der Waals surface area contributed by atoms with E-state index in [2.05, 4.69) is 15.6 Å². The Hall–Kier alpha value is -2.59. The molecule has 0 spiro atoms. The molecule has 1 aliphatic heterocycles. The molecule has 0 saturated carbocycles. The van der Waals surface area contributed by atoms with E-state index < -0.39 is 23.6 Å². The molecule has 32 heavy (non-hydrogen) atoms. The number of aliphatic hydroxyl groups is 1. The van der Waals surface area contributed by atoms with Crippen molar-refractivity contribution in [1.82, 2.24) is 25.2 Å². The smallest absolute Gasteiger partial charge is 0.248 e. The quantitative estimate of drug-likeness (QED) is 0.606. The molecule has 1 aliphatic rings. The summed E-state index contributed by atoms with van der Waals surface area (Å²) in [7, 11) is 3.16. The van der Waals surface area contributed by atoms with Gasteiger partial charge in [0.1, 0.15) is 17.8 Å². The highest BCUT2D eigenvalue weighted by atomic mass is 32.2. The Kier molecular flexibility index (Phi) is 7.45. The van der Waals surface area contributed by atoms with Crippen molar-refractivity contribution < 1.29 is 19.4 Å². The van der Waals surface area contributed by atoms with E-state index in [1.165, 1.54) is 11.9 Å². The van der Waals surface area contributed by atoms with Crippen LogP contribution in [0.15, 0.2) is 35.4 Å². The van der Waals surface area contributed by atoms with Crippen LogP contribution >= 0.6 is 11.8 Å². The molecule has 2 amide bonds. The minimum atomic E-state index is -0.731. The second-order valence-corrected chi connectivity index (χ2v) is 9.93. The van der Waals surface area contributed by atoms with Crippen molar-refractivity contribution in [2.75, 3.05) is 20.7 Å². The van der Waals surface area contributed by atoms with Crippen LogP contribution in [0.2, 0.25) is 0 Å². The molecular formula is C22H31N5O4S. The minimum absolute atomic E-state index is 0.120. The predicted molar refractivity (Wildman–Crippen MR) is 121 cm³/mol. The van der Waals surface area contributed by atoms with Crippen molar-refractivity contribution in [2.24, 2.45) is 5.41 Å². The molecule has 2 aromatic rings. The number of amides is 2. The molecule has 9 nitrogen and oxygen atoms in total. The lowest BCUT2D eigenvalue weighted by molar-refractivity contribution is -0.144. The average Bonchev–Trinajstić information content (AvgIpc) is 3.37. The number of para-hydroxylation sites is 1. The molecule has 3 rings (SSSR count). The lowest BCUT2D eigenvalue weighted by Gasteiger charge is -2.34. The molecule has 1 aromatic heterocycles. The van der Waals surface area contributed by atoms with Crippen LogP contribution < -0.4 is 10.1 Å². The maximum atomic E-state index is 13.6. The normalized spacial score (nSPS) is 19.6. The van der Waals surface area contributed by atoms with Crippen LogP contribution in [0.4, 0.5) is 0 Å². The molecule has 0 unspecified atom stereocenters. The number of β-amino-alcohol motifs (C(OH)–C–C–N with tert-alkyl or cyclic N) is 1. The first-order valence-electron chi connectivity index (χ1n) is 10.5. The van der Waals surface area contributed by atoms with Crippen molar-refractivity contribution in [3.05, 3.63) is 36.2 Å². The fourth-order valence-corrected chi connectivity index (χ4v) is 4.81. The van der Waals surface area contributed by atoms with Crippen LogP contribution in [-0.2, 0) is 15.3 Å². The molecule has 3 atom stereocenters. The first-order chi connectivity index (χ1) is 15.2. The lowest BCUT2D eigenvalue weighted by atomic mass is 9.85. The van der Waals surface area contributed by atoms with Gasteiger partial charge in [-0.05, 0) is 17.5 Å². The molecule has 2 N–H and O–H groups in total. The van der Waals surface area contributed by atoms with Crippen LogP contribution in [0.25, 0.3) is 0 Å². The number of thioether (sulfide) groups is 1. The topological polar surface area (TPSA) is 110 Å². The standard InChI is InChI=1S/C22H31N5O4S/c1-22(2,3)19(21(30)26-12-15(28)10-16(26)20(29)23-4)27-11-14(24-25-27)13-32-18-9-7-6-8-17(18)31-5/h6-9,11,15-16,19,28H,10,12-13H2,1-5H3,(H,23,29)/t15-,16+,19-/m1/s1. The summed E-state index contributed by atoms with van der Waals surface area (Å²) >= 11 is 1.58. The van der Waals surface area contributed by atoms with Crippen LogP contribution in [-0.4, -0.2) is 69.7 Å². The van der Waals surface area contributed by atoms with Crippen molar-refractivity contribution >= 4 is 23.6 Å². The number of carbonyl (C=O) groups is 2. The van der Waals surface area contributed by atoms with Gasteiger partial charge in [0.2, 0.25) is 11.8 Å². The van der Waals surface area contributed by atoms with E-state index in [1.54, 1.807) is 29.8 Å². The maximum Gasteiger partial charge on any atom is 0.248 e. The summed E-state index contributed by atoms with van der Waals surface area (Å²) in [6.07, 6.45) is 1.27. The summed E-state index contributed by atoms with van der Waals surface area (Å²) in [4.78, 5) is 28.3. The zero-order chi connectivity index (χ0) is 23.5. The predicted octanol–water partition coefficient (Wildman–Crippen LogP) is 1.87. The van der Waals surface area contributed by atoms with Gasteiger partial charge in [0, 0.05) is 30.7 Å². The molecule has 0 bridgehead atoms. The summed E-state index contributed by atoms with van der Waals surface area (Å²) in [5.41, 5.74) is 0.241. The van der Waals surface area contributed by atoms with Gasteiger partial charge >= 0.3 is 0 Å². The van der Waals surface area contributed by atoms with Crippen molar-refractivity contribution in [1.29, 1.82) is 0 Å². The highest BCUT2D eigenvalue weighted by Gasteiger charge is 2.44. The number of hydrogen-bond donors (Lipinski definition) is 2. The Morgan fingerprint density at radius 2 is 2.06 bits per heavy atom. The van der Waals surface area contributed by atoms with Crippen molar-refractivity contribution in [3.63, 3.8) is 0 Å². The fraction of sp³-hybridized carbons (Fsp3) is 0.545. The summed E-state index contributed by atoms with van der Waals surface area (Å²) < 4.78 is 6.97. The Labute approximate surface area is 192 Å². The molecule has 1 saturated heterocycles. The number of aromatic nitrogens is 3. The van der Waals surface area contributed by atoms with E-state index in [4.69, 9.17) is 4.74 Å². The van der Waals surface area contributed by atoms with Gasteiger partial charge in [0.15, 0.2) is 0 Å². The Morgan fingerprint density at radius 3 is 2.72 bits per heavy atom. The second-order valence-electron chi connectivity index (χ2n) is 8.91. The summed E-state index contributed by atoms with van der Waals surface area (Å²) in [5.74, 6) is 0.821. The molecule has 0 radical (unpaired) electrons. The highest BCUT2D eigenvalue weighted by molar-refractivity contribution is 7.98. The first-order valence-corrected chi connectivity index (χ1v) is 11.5. The van der Waals surface area contributed by atoms with Gasteiger partial charge in [0.05, 0.1) is 25.1 Å². The molecule has 1 fully saturated rings. The van der Waals surface area contributed by atoms with Crippen LogP contribution in [0.3, 0.4) is 0 Å². The van der Waals surface area contributed by atoms with E-state index in [9.17, 15) is 14.7 Å². The number of aliphatic hydroxyl groups excluding tert-OH is 1. The zero-order valence-corrected chi connectivity index (χ0v) is 19.9. The molecule has 0 aliphatic carbocycles.